The lowest BCUT2D eigenvalue weighted by molar-refractivity contribution is 0.567. The van der Waals surface area contributed by atoms with Gasteiger partial charge in [-0.15, -0.1) is 0 Å². The van der Waals surface area contributed by atoms with Crippen LogP contribution in [0.2, 0.25) is 0 Å². The lowest BCUT2D eigenvalue weighted by atomic mass is 10.0. The summed E-state index contributed by atoms with van der Waals surface area (Å²) in [5.41, 5.74) is 0.875. The van der Waals surface area contributed by atoms with Crippen LogP contribution in [-0.4, -0.2) is 18.1 Å². The summed E-state index contributed by atoms with van der Waals surface area (Å²) >= 11 is 0. The predicted molar refractivity (Wildman–Crippen MR) is 44.4 cm³/mol. The number of halogens is 1. The van der Waals surface area contributed by atoms with Gasteiger partial charge in [-0.3, -0.25) is 0 Å². The first-order chi connectivity index (χ1) is 5.86. The molecule has 1 aromatic heterocycles. The van der Waals surface area contributed by atoms with Gasteiger partial charge in [0.25, 0.3) is 0 Å². The van der Waals surface area contributed by atoms with E-state index in [9.17, 15) is 4.39 Å². The van der Waals surface area contributed by atoms with E-state index in [2.05, 4.69) is 10.3 Å². The topological polar surface area (TPSA) is 24.9 Å². The summed E-state index contributed by atoms with van der Waals surface area (Å²) in [6.45, 7) is 1.94. The number of hydrogen-bond donors (Lipinski definition) is 1. The van der Waals surface area contributed by atoms with Gasteiger partial charge in [0.15, 0.2) is 0 Å². The highest BCUT2D eigenvalue weighted by Crippen LogP contribution is 2.19. The number of nitrogens with zero attached hydrogens (tertiary/aromatic N) is 1. The van der Waals surface area contributed by atoms with Crippen molar-refractivity contribution in [3.8, 4) is 0 Å². The molecule has 1 saturated heterocycles. The van der Waals surface area contributed by atoms with Crippen molar-refractivity contribution in [3.05, 3.63) is 29.8 Å². The van der Waals surface area contributed by atoms with Crippen molar-refractivity contribution in [2.45, 2.75) is 12.3 Å². The van der Waals surface area contributed by atoms with Gasteiger partial charge in [-0.25, -0.2) is 4.98 Å². The van der Waals surface area contributed by atoms with Gasteiger partial charge >= 0.3 is 0 Å². The summed E-state index contributed by atoms with van der Waals surface area (Å²) in [4.78, 5) is 3.85. The van der Waals surface area contributed by atoms with Crippen LogP contribution in [0.25, 0.3) is 0 Å². The summed E-state index contributed by atoms with van der Waals surface area (Å²) in [6, 6.07) is 4.99. The third-order valence-corrected chi connectivity index (χ3v) is 2.22. The molecule has 2 rings (SSSR count). The third-order valence-electron chi connectivity index (χ3n) is 2.22. The van der Waals surface area contributed by atoms with Gasteiger partial charge in [0, 0.05) is 18.2 Å². The third kappa shape index (κ3) is 1.46. The Morgan fingerprint density at radius 2 is 2.42 bits per heavy atom. The van der Waals surface area contributed by atoms with Crippen LogP contribution in [-0.2, 0) is 0 Å². The molecular formula is C9H11FN2. The largest absolute Gasteiger partial charge is 0.316 e. The van der Waals surface area contributed by atoms with Gasteiger partial charge < -0.3 is 5.32 Å². The first-order valence-corrected chi connectivity index (χ1v) is 4.19. The fraction of sp³-hybridized carbons (Fsp3) is 0.444. The quantitative estimate of drug-likeness (QED) is 0.636. The second-order valence-electron chi connectivity index (χ2n) is 3.07. The minimum atomic E-state index is -0.376. The maximum absolute atomic E-state index is 12.7. The predicted octanol–water partition coefficient (Wildman–Crippen LogP) is 1.30. The van der Waals surface area contributed by atoms with E-state index in [1.54, 1.807) is 6.07 Å². The highest BCUT2D eigenvalue weighted by molar-refractivity contribution is 5.12. The first-order valence-electron chi connectivity index (χ1n) is 4.19. The maximum Gasteiger partial charge on any atom is 0.213 e. The van der Waals surface area contributed by atoms with E-state index < -0.39 is 0 Å². The van der Waals surface area contributed by atoms with Gasteiger partial charge in [-0.1, -0.05) is 6.07 Å². The zero-order chi connectivity index (χ0) is 8.39. The number of pyridine rings is 1. The monoisotopic (exact) mass is 166 g/mol. The van der Waals surface area contributed by atoms with Crippen LogP contribution in [0.5, 0.6) is 0 Å². The fourth-order valence-corrected chi connectivity index (χ4v) is 1.56. The van der Waals surface area contributed by atoms with Crippen molar-refractivity contribution in [1.29, 1.82) is 0 Å². The highest BCUT2D eigenvalue weighted by atomic mass is 19.1. The van der Waals surface area contributed by atoms with Gasteiger partial charge in [0.1, 0.15) is 0 Å². The smallest absolute Gasteiger partial charge is 0.213 e. The van der Waals surface area contributed by atoms with Crippen LogP contribution >= 0.6 is 0 Å². The summed E-state index contributed by atoms with van der Waals surface area (Å²) in [6.07, 6.45) is 1.07. The Morgan fingerprint density at radius 1 is 1.50 bits per heavy atom. The molecule has 0 aromatic carbocycles. The zero-order valence-electron chi connectivity index (χ0n) is 6.76. The molecule has 0 amide bonds. The second kappa shape index (κ2) is 3.19. The van der Waals surface area contributed by atoms with Crippen LogP contribution in [0.15, 0.2) is 18.2 Å². The highest BCUT2D eigenvalue weighted by Gasteiger charge is 2.17. The Bertz CT molecular complexity index is 269. The lowest BCUT2D eigenvalue weighted by Crippen LogP contribution is -2.09. The van der Waals surface area contributed by atoms with Gasteiger partial charge in [0.2, 0.25) is 5.95 Å². The number of hydrogen-bond acceptors (Lipinski definition) is 2. The van der Waals surface area contributed by atoms with E-state index in [0.717, 1.165) is 25.2 Å². The van der Waals surface area contributed by atoms with Crippen molar-refractivity contribution >= 4 is 0 Å². The van der Waals surface area contributed by atoms with E-state index >= 15 is 0 Å². The number of rotatable bonds is 1. The molecule has 0 spiro atoms. The molecule has 0 saturated carbocycles. The molecule has 3 heteroatoms. The number of nitrogens with one attached hydrogen (secondary N) is 1. The molecule has 64 valence electrons. The van der Waals surface area contributed by atoms with Crippen molar-refractivity contribution in [1.82, 2.24) is 10.3 Å². The SMILES string of the molecule is Fc1cccc([C@H]2CCNC2)n1. The van der Waals surface area contributed by atoms with Crippen LogP contribution in [0.1, 0.15) is 18.0 Å². The fourth-order valence-electron chi connectivity index (χ4n) is 1.56. The van der Waals surface area contributed by atoms with Crippen molar-refractivity contribution in [2.75, 3.05) is 13.1 Å². The van der Waals surface area contributed by atoms with E-state index in [1.807, 2.05) is 6.07 Å². The molecule has 0 bridgehead atoms. The maximum atomic E-state index is 12.7. The molecule has 0 radical (unpaired) electrons. The van der Waals surface area contributed by atoms with Crippen LogP contribution in [0.3, 0.4) is 0 Å². The molecule has 1 N–H and O–H groups in total. The van der Waals surface area contributed by atoms with Gasteiger partial charge in [-0.2, -0.15) is 4.39 Å². The summed E-state index contributed by atoms with van der Waals surface area (Å²) < 4.78 is 12.7. The van der Waals surface area contributed by atoms with Crippen LogP contribution < -0.4 is 5.32 Å². The molecule has 1 aliphatic heterocycles. The average Bonchev–Trinajstić information content (AvgIpc) is 2.56. The molecule has 1 fully saturated rings. The average molecular weight is 166 g/mol. The Labute approximate surface area is 70.8 Å². The molecule has 1 atom stereocenters. The second-order valence-corrected chi connectivity index (χ2v) is 3.07. The minimum absolute atomic E-state index is 0.376. The summed E-state index contributed by atoms with van der Waals surface area (Å²) in [7, 11) is 0. The molecule has 0 unspecified atom stereocenters. The van der Waals surface area contributed by atoms with Crippen molar-refractivity contribution in [3.63, 3.8) is 0 Å². The van der Waals surface area contributed by atoms with Crippen LogP contribution in [0, 0.1) is 5.95 Å². The Hall–Kier alpha value is -0.960. The molecule has 2 nitrogen and oxygen atoms in total. The van der Waals surface area contributed by atoms with Gasteiger partial charge in [-0.05, 0) is 25.1 Å². The molecule has 1 aromatic rings. The lowest BCUT2D eigenvalue weighted by Gasteiger charge is -2.06. The van der Waals surface area contributed by atoms with E-state index in [0.29, 0.717) is 5.92 Å². The number of aromatic nitrogens is 1. The Morgan fingerprint density at radius 3 is 3.08 bits per heavy atom. The minimum Gasteiger partial charge on any atom is -0.316 e. The Kier molecular flexibility index (Phi) is 2.04. The molecule has 2 heterocycles. The van der Waals surface area contributed by atoms with Crippen LogP contribution in [0.4, 0.5) is 4.39 Å². The molecular weight excluding hydrogens is 155 g/mol. The Balaban J connectivity index is 2.21. The van der Waals surface area contributed by atoms with E-state index in [-0.39, 0.29) is 5.95 Å². The summed E-state index contributed by atoms with van der Waals surface area (Å²) in [5.74, 6) is 0.0279. The van der Waals surface area contributed by atoms with Crippen molar-refractivity contribution in [2.24, 2.45) is 0 Å². The van der Waals surface area contributed by atoms with Gasteiger partial charge in [0.05, 0.1) is 0 Å². The summed E-state index contributed by atoms with van der Waals surface area (Å²) in [5, 5.41) is 3.23. The zero-order valence-corrected chi connectivity index (χ0v) is 6.76. The first kappa shape index (κ1) is 7.68. The van der Waals surface area contributed by atoms with Crippen molar-refractivity contribution < 1.29 is 4.39 Å². The van der Waals surface area contributed by atoms with E-state index in [1.165, 1.54) is 6.07 Å². The van der Waals surface area contributed by atoms with E-state index in [4.69, 9.17) is 0 Å². The standard InChI is InChI=1S/C9H11FN2/c10-9-3-1-2-8(12-9)7-4-5-11-6-7/h1-3,7,11H,4-6H2/t7-/m0/s1. The normalized spacial score (nSPS) is 22.9. The molecule has 12 heavy (non-hydrogen) atoms. The molecule has 0 aliphatic carbocycles. The molecule has 1 aliphatic rings.